The van der Waals surface area contributed by atoms with E-state index in [1.165, 1.54) is 11.1 Å². The molecule has 3 atom stereocenters. The van der Waals surface area contributed by atoms with Gasteiger partial charge in [-0.15, -0.1) is 0 Å². The third-order valence-corrected chi connectivity index (χ3v) is 5.33. The molecule has 25 heavy (non-hydrogen) atoms. The molecule has 0 heterocycles. The van der Waals surface area contributed by atoms with Crippen molar-refractivity contribution in [3.63, 3.8) is 0 Å². The normalized spacial score (nSPS) is 24.2. The maximum absolute atomic E-state index is 9.42. The third-order valence-electron chi connectivity index (χ3n) is 5.33. The smallest absolute Gasteiger partial charge is 0.119 e. The Morgan fingerprint density at radius 2 is 1.88 bits per heavy atom. The van der Waals surface area contributed by atoms with Crippen molar-refractivity contribution < 1.29 is 9.84 Å². The first-order chi connectivity index (χ1) is 12.1. The van der Waals surface area contributed by atoms with Crippen molar-refractivity contribution in [1.82, 2.24) is 0 Å². The number of hydrogen-bond donors (Lipinski definition) is 2. The van der Waals surface area contributed by atoms with Crippen molar-refractivity contribution in [3.05, 3.63) is 65.7 Å². The lowest BCUT2D eigenvalue weighted by Gasteiger charge is -2.21. The highest BCUT2D eigenvalue weighted by Gasteiger charge is 2.35. The molecule has 0 aliphatic heterocycles. The Morgan fingerprint density at radius 3 is 2.52 bits per heavy atom. The molecule has 2 aromatic rings. The van der Waals surface area contributed by atoms with Crippen LogP contribution in [0.15, 0.2) is 54.6 Å². The van der Waals surface area contributed by atoms with E-state index in [1.807, 2.05) is 30.3 Å². The second-order valence-corrected chi connectivity index (χ2v) is 7.48. The summed E-state index contributed by atoms with van der Waals surface area (Å²) in [6.45, 7) is 2.20. The second-order valence-electron chi connectivity index (χ2n) is 7.48. The first kappa shape index (κ1) is 18.0. The van der Waals surface area contributed by atoms with Gasteiger partial charge in [-0.3, -0.25) is 0 Å². The Hall–Kier alpha value is -1.84. The minimum absolute atomic E-state index is 0.0842. The summed E-state index contributed by atoms with van der Waals surface area (Å²) in [6.07, 6.45) is 5.05. The SMILES string of the molecule is C[C@@H](CCc1ccc([C@@H]2CC[C@](N)(CO)C2)cc1)Oc1ccccc1. The number of aliphatic hydroxyl groups excluding tert-OH is 1. The van der Waals surface area contributed by atoms with E-state index in [4.69, 9.17) is 10.5 Å². The summed E-state index contributed by atoms with van der Waals surface area (Å²) >= 11 is 0. The van der Waals surface area contributed by atoms with Crippen molar-refractivity contribution >= 4 is 0 Å². The van der Waals surface area contributed by atoms with Crippen LogP contribution in [-0.4, -0.2) is 23.4 Å². The molecule has 134 valence electrons. The minimum Gasteiger partial charge on any atom is -0.491 e. The second kappa shape index (κ2) is 8.03. The Kier molecular flexibility index (Phi) is 5.77. The highest BCUT2D eigenvalue weighted by atomic mass is 16.5. The van der Waals surface area contributed by atoms with Gasteiger partial charge in [0.25, 0.3) is 0 Å². The van der Waals surface area contributed by atoms with Gasteiger partial charge in [0.1, 0.15) is 5.75 Å². The molecule has 1 fully saturated rings. The van der Waals surface area contributed by atoms with Crippen LogP contribution in [0, 0.1) is 0 Å². The van der Waals surface area contributed by atoms with Gasteiger partial charge in [-0.2, -0.15) is 0 Å². The molecule has 1 saturated carbocycles. The first-order valence-corrected chi connectivity index (χ1v) is 9.28. The van der Waals surface area contributed by atoms with Gasteiger partial charge in [0.2, 0.25) is 0 Å². The highest BCUT2D eigenvalue weighted by Crippen LogP contribution is 2.39. The maximum atomic E-state index is 9.42. The molecule has 0 amide bonds. The maximum Gasteiger partial charge on any atom is 0.119 e. The lowest BCUT2D eigenvalue weighted by molar-refractivity contribution is 0.198. The Bertz CT molecular complexity index is 655. The predicted octanol–water partition coefficient (Wildman–Crippen LogP) is 4.04. The van der Waals surface area contributed by atoms with Gasteiger partial charge < -0.3 is 15.6 Å². The van der Waals surface area contributed by atoms with Crippen LogP contribution < -0.4 is 10.5 Å². The summed E-state index contributed by atoms with van der Waals surface area (Å²) in [4.78, 5) is 0. The Morgan fingerprint density at radius 1 is 1.16 bits per heavy atom. The van der Waals surface area contributed by atoms with Gasteiger partial charge in [-0.05, 0) is 68.2 Å². The number of benzene rings is 2. The number of hydrogen-bond acceptors (Lipinski definition) is 3. The van der Waals surface area contributed by atoms with Crippen LogP contribution in [0.2, 0.25) is 0 Å². The van der Waals surface area contributed by atoms with Gasteiger partial charge >= 0.3 is 0 Å². The van der Waals surface area contributed by atoms with Gasteiger partial charge in [0, 0.05) is 5.54 Å². The number of rotatable bonds is 7. The lowest BCUT2D eigenvalue weighted by Crippen LogP contribution is -2.40. The Balaban J connectivity index is 1.49. The van der Waals surface area contributed by atoms with E-state index in [0.29, 0.717) is 5.92 Å². The fourth-order valence-electron chi connectivity index (χ4n) is 3.70. The monoisotopic (exact) mass is 339 g/mol. The van der Waals surface area contributed by atoms with Crippen LogP contribution in [0.5, 0.6) is 5.75 Å². The van der Waals surface area contributed by atoms with Crippen LogP contribution >= 0.6 is 0 Å². The van der Waals surface area contributed by atoms with E-state index < -0.39 is 0 Å². The molecule has 0 bridgehead atoms. The largest absolute Gasteiger partial charge is 0.491 e. The van der Waals surface area contributed by atoms with E-state index in [2.05, 4.69) is 31.2 Å². The molecule has 2 aromatic carbocycles. The summed E-state index contributed by atoms with van der Waals surface area (Å²) in [5, 5.41) is 9.42. The number of para-hydroxylation sites is 1. The zero-order valence-corrected chi connectivity index (χ0v) is 15.0. The van der Waals surface area contributed by atoms with E-state index in [9.17, 15) is 5.11 Å². The topological polar surface area (TPSA) is 55.5 Å². The summed E-state index contributed by atoms with van der Waals surface area (Å²) in [6, 6.07) is 18.9. The van der Waals surface area contributed by atoms with E-state index >= 15 is 0 Å². The van der Waals surface area contributed by atoms with Crippen LogP contribution in [0.1, 0.15) is 49.7 Å². The summed E-state index contributed by atoms with van der Waals surface area (Å²) < 4.78 is 5.94. The molecule has 3 nitrogen and oxygen atoms in total. The molecule has 1 aliphatic carbocycles. The fourth-order valence-corrected chi connectivity index (χ4v) is 3.70. The van der Waals surface area contributed by atoms with Crippen LogP contribution in [0.25, 0.3) is 0 Å². The van der Waals surface area contributed by atoms with Crippen molar-refractivity contribution in [3.8, 4) is 5.75 Å². The highest BCUT2D eigenvalue weighted by molar-refractivity contribution is 5.27. The minimum atomic E-state index is -0.381. The number of aliphatic hydroxyl groups is 1. The van der Waals surface area contributed by atoms with Gasteiger partial charge in [0.15, 0.2) is 0 Å². The van der Waals surface area contributed by atoms with Gasteiger partial charge in [0.05, 0.1) is 12.7 Å². The van der Waals surface area contributed by atoms with Gasteiger partial charge in [-0.1, -0.05) is 42.5 Å². The molecule has 3 rings (SSSR count). The molecule has 0 saturated heterocycles. The van der Waals surface area contributed by atoms with Crippen molar-refractivity contribution in [2.24, 2.45) is 5.73 Å². The average molecular weight is 339 g/mol. The van der Waals surface area contributed by atoms with Crippen LogP contribution in [0.4, 0.5) is 0 Å². The summed E-state index contributed by atoms with van der Waals surface area (Å²) in [5.74, 6) is 1.41. The third kappa shape index (κ3) is 4.83. The van der Waals surface area contributed by atoms with Crippen LogP contribution in [-0.2, 0) is 6.42 Å². The number of aryl methyl sites for hydroxylation is 1. The molecule has 3 heteroatoms. The Labute approximate surface area is 150 Å². The van der Waals surface area contributed by atoms with Crippen LogP contribution in [0.3, 0.4) is 0 Å². The zero-order chi connectivity index (χ0) is 17.7. The molecule has 0 unspecified atom stereocenters. The molecule has 0 aromatic heterocycles. The molecular weight excluding hydrogens is 310 g/mol. The number of nitrogens with two attached hydrogens (primary N) is 1. The number of ether oxygens (including phenoxy) is 1. The van der Waals surface area contributed by atoms with Crippen molar-refractivity contribution in [1.29, 1.82) is 0 Å². The quantitative estimate of drug-likeness (QED) is 0.800. The molecule has 0 radical (unpaired) electrons. The van der Waals surface area contributed by atoms with E-state index in [0.717, 1.165) is 37.9 Å². The zero-order valence-electron chi connectivity index (χ0n) is 15.0. The molecule has 0 spiro atoms. The predicted molar refractivity (Wildman–Crippen MR) is 102 cm³/mol. The van der Waals surface area contributed by atoms with Crippen molar-refractivity contribution in [2.75, 3.05) is 6.61 Å². The molecule has 1 aliphatic rings. The first-order valence-electron chi connectivity index (χ1n) is 9.28. The summed E-state index contributed by atoms with van der Waals surface area (Å²) in [5.41, 5.74) is 8.50. The lowest BCUT2D eigenvalue weighted by atomic mass is 9.92. The molecule has 3 N–H and O–H groups in total. The fraction of sp³-hybridized carbons (Fsp3) is 0.455. The van der Waals surface area contributed by atoms with E-state index in [1.54, 1.807) is 0 Å². The van der Waals surface area contributed by atoms with Gasteiger partial charge in [-0.25, -0.2) is 0 Å². The average Bonchev–Trinajstić information content (AvgIpc) is 3.04. The van der Waals surface area contributed by atoms with Crippen molar-refractivity contribution in [2.45, 2.75) is 56.6 Å². The summed E-state index contributed by atoms with van der Waals surface area (Å²) in [7, 11) is 0. The molecular formula is C22H29NO2. The van der Waals surface area contributed by atoms with E-state index in [-0.39, 0.29) is 18.2 Å². The standard InChI is InChI=1S/C22H29NO2/c1-17(25-21-5-3-2-4-6-21)7-8-18-9-11-19(12-10-18)20-13-14-22(23,15-20)16-24/h2-6,9-12,17,20,24H,7-8,13-16,23H2,1H3/t17-,20+,22+/m0/s1.